The smallest absolute Gasteiger partial charge is 0.205 e. The molecule has 2 aromatic carbocycles. The molecule has 1 atom stereocenters. The molecule has 1 heterocycles. The first-order valence-corrected chi connectivity index (χ1v) is 10.8. The summed E-state index contributed by atoms with van der Waals surface area (Å²) in [4.78, 5) is 12.7. The first-order valence-electron chi connectivity index (χ1n) is 10.0. The number of Topliss-reactive ketones (excluding diaryl/α,β-unsaturated/α-hetero) is 1. The van der Waals surface area contributed by atoms with Gasteiger partial charge >= 0.3 is 0 Å². The van der Waals surface area contributed by atoms with Gasteiger partial charge in [0, 0.05) is 34.0 Å². The van der Waals surface area contributed by atoms with Crippen molar-refractivity contribution in [1.82, 2.24) is 0 Å². The van der Waals surface area contributed by atoms with Gasteiger partial charge in [-0.2, -0.15) is 5.26 Å². The van der Waals surface area contributed by atoms with Gasteiger partial charge < -0.3 is 19.9 Å². The van der Waals surface area contributed by atoms with Crippen molar-refractivity contribution in [2.24, 2.45) is 5.73 Å². The molecule has 6 nitrogen and oxygen atoms in total. The van der Waals surface area contributed by atoms with Crippen LogP contribution in [0.5, 0.6) is 11.5 Å². The van der Waals surface area contributed by atoms with Gasteiger partial charge in [0.15, 0.2) is 17.3 Å². The number of rotatable bonds is 5. The highest BCUT2D eigenvalue weighted by molar-refractivity contribution is 6.35. The lowest BCUT2D eigenvalue weighted by Gasteiger charge is -2.31. The summed E-state index contributed by atoms with van der Waals surface area (Å²) >= 11 is 12.2. The van der Waals surface area contributed by atoms with Crippen LogP contribution in [0.4, 0.5) is 0 Å². The molecule has 0 amide bonds. The molecule has 4 rings (SSSR count). The Morgan fingerprint density at radius 1 is 1.19 bits per heavy atom. The molecule has 1 aliphatic carbocycles. The fraction of sp³-hybridized carbons (Fsp3) is 0.250. The first-order chi connectivity index (χ1) is 15.4. The van der Waals surface area contributed by atoms with Crippen LogP contribution in [0.1, 0.15) is 36.3 Å². The summed E-state index contributed by atoms with van der Waals surface area (Å²) in [6.45, 7) is 0.215. The molecule has 164 valence electrons. The second kappa shape index (κ2) is 9.15. The number of ether oxygens (including phenoxy) is 3. The Hall–Kier alpha value is -3.14. The summed E-state index contributed by atoms with van der Waals surface area (Å²) in [6.07, 6.45) is 1.72. The first kappa shape index (κ1) is 22.1. The Bertz CT molecular complexity index is 1200. The van der Waals surface area contributed by atoms with E-state index in [0.717, 1.165) is 5.56 Å². The number of ketones is 1. The van der Waals surface area contributed by atoms with E-state index in [4.69, 9.17) is 43.1 Å². The molecule has 0 saturated carbocycles. The van der Waals surface area contributed by atoms with E-state index < -0.39 is 5.92 Å². The highest BCUT2D eigenvalue weighted by Crippen LogP contribution is 2.45. The lowest BCUT2D eigenvalue weighted by Crippen LogP contribution is -2.27. The molecule has 2 aliphatic rings. The number of hydrogen-bond donors (Lipinski definition) is 1. The molecule has 32 heavy (non-hydrogen) atoms. The quantitative estimate of drug-likeness (QED) is 0.628. The third-order valence-corrected chi connectivity index (χ3v) is 6.11. The van der Waals surface area contributed by atoms with E-state index in [9.17, 15) is 10.1 Å². The van der Waals surface area contributed by atoms with E-state index in [2.05, 4.69) is 6.07 Å². The Balaban J connectivity index is 1.68. The Labute approximate surface area is 195 Å². The van der Waals surface area contributed by atoms with Crippen LogP contribution < -0.4 is 15.2 Å². The van der Waals surface area contributed by atoms with Crippen LogP contribution in [0.15, 0.2) is 59.2 Å². The van der Waals surface area contributed by atoms with E-state index in [1.54, 1.807) is 36.4 Å². The predicted octanol–water partition coefficient (Wildman–Crippen LogP) is 5.40. The number of allylic oxidation sites excluding steroid dienone is 3. The summed E-state index contributed by atoms with van der Waals surface area (Å²) < 4.78 is 17.1. The van der Waals surface area contributed by atoms with E-state index in [1.807, 2.05) is 0 Å². The monoisotopic (exact) mass is 470 g/mol. The number of carbonyl (C=O) groups excluding carboxylic acids is 1. The minimum absolute atomic E-state index is 0.0302. The Morgan fingerprint density at radius 2 is 2.00 bits per heavy atom. The third-order valence-electron chi connectivity index (χ3n) is 5.52. The van der Waals surface area contributed by atoms with Crippen molar-refractivity contribution in [3.63, 3.8) is 0 Å². The lowest BCUT2D eigenvalue weighted by atomic mass is 9.77. The van der Waals surface area contributed by atoms with Crippen LogP contribution in [0.2, 0.25) is 10.0 Å². The molecule has 8 heteroatoms. The van der Waals surface area contributed by atoms with Crippen molar-refractivity contribution in [3.05, 3.63) is 80.4 Å². The standard InChI is InChI=1S/C24H20Cl2N2O4/c1-30-21-9-13(6-8-19(21)31-12-14-5-7-15(25)10-17(14)26)22-16(11-27)24(28)32-20-4-2-3-18(29)23(20)22/h5-10,22H,2-4,12,28H2,1H3/t22-/m0/s1. The highest BCUT2D eigenvalue weighted by Gasteiger charge is 2.38. The second-order valence-corrected chi connectivity index (χ2v) is 8.32. The van der Waals surface area contributed by atoms with Crippen LogP contribution in [0.25, 0.3) is 0 Å². The molecular weight excluding hydrogens is 451 g/mol. The predicted molar refractivity (Wildman–Crippen MR) is 120 cm³/mol. The van der Waals surface area contributed by atoms with Gasteiger partial charge in [-0.1, -0.05) is 35.3 Å². The molecule has 0 spiro atoms. The van der Waals surface area contributed by atoms with Crippen LogP contribution in [0.3, 0.4) is 0 Å². The van der Waals surface area contributed by atoms with Gasteiger partial charge in [0.05, 0.1) is 13.0 Å². The number of carbonyl (C=O) groups is 1. The summed E-state index contributed by atoms with van der Waals surface area (Å²) in [5.74, 6) is 0.884. The topological polar surface area (TPSA) is 94.6 Å². The van der Waals surface area contributed by atoms with Crippen LogP contribution in [-0.2, 0) is 16.1 Å². The average molecular weight is 471 g/mol. The molecule has 0 saturated heterocycles. The van der Waals surface area contributed by atoms with Crippen molar-refractivity contribution >= 4 is 29.0 Å². The van der Waals surface area contributed by atoms with Gasteiger partial charge in [-0.15, -0.1) is 0 Å². The maximum absolute atomic E-state index is 12.7. The van der Waals surface area contributed by atoms with Crippen molar-refractivity contribution in [2.75, 3.05) is 7.11 Å². The number of nitrogens with two attached hydrogens (primary N) is 1. The number of halogens is 2. The van der Waals surface area contributed by atoms with Crippen LogP contribution in [0, 0.1) is 11.3 Å². The molecule has 0 aromatic heterocycles. The van der Waals surface area contributed by atoms with Crippen molar-refractivity contribution in [2.45, 2.75) is 31.8 Å². The average Bonchev–Trinajstić information content (AvgIpc) is 2.77. The molecule has 0 bridgehead atoms. The van der Waals surface area contributed by atoms with E-state index >= 15 is 0 Å². The maximum atomic E-state index is 12.7. The minimum Gasteiger partial charge on any atom is -0.493 e. The molecule has 0 unspecified atom stereocenters. The van der Waals surface area contributed by atoms with Crippen molar-refractivity contribution in [1.29, 1.82) is 5.26 Å². The zero-order valence-corrected chi connectivity index (χ0v) is 18.8. The molecule has 2 N–H and O–H groups in total. The Morgan fingerprint density at radius 3 is 2.72 bits per heavy atom. The largest absolute Gasteiger partial charge is 0.493 e. The van der Waals surface area contributed by atoms with Gasteiger partial charge in [0.1, 0.15) is 24.0 Å². The molecular formula is C24H20Cl2N2O4. The zero-order chi connectivity index (χ0) is 22.8. The van der Waals surface area contributed by atoms with E-state index in [-0.39, 0.29) is 23.8 Å². The van der Waals surface area contributed by atoms with Gasteiger partial charge in [0.2, 0.25) is 5.88 Å². The molecule has 2 aromatic rings. The number of nitrogens with zero attached hydrogens (tertiary/aromatic N) is 1. The van der Waals surface area contributed by atoms with Crippen LogP contribution in [-0.4, -0.2) is 12.9 Å². The normalized spacial score (nSPS) is 18.1. The summed E-state index contributed by atoms with van der Waals surface area (Å²) in [5.41, 5.74) is 8.19. The highest BCUT2D eigenvalue weighted by atomic mass is 35.5. The lowest BCUT2D eigenvalue weighted by molar-refractivity contribution is -0.116. The maximum Gasteiger partial charge on any atom is 0.205 e. The van der Waals surface area contributed by atoms with Gasteiger partial charge in [0.25, 0.3) is 0 Å². The molecule has 0 radical (unpaired) electrons. The van der Waals surface area contributed by atoms with E-state index in [1.165, 1.54) is 7.11 Å². The fourth-order valence-corrected chi connectivity index (χ4v) is 4.43. The number of benzene rings is 2. The SMILES string of the molecule is COc1cc([C@H]2C(C#N)=C(N)OC3=C2C(=O)CCC3)ccc1OCc1ccc(Cl)cc1Cl. The second-order valence-electron chi connectivity index (χ2n) is 7.47. The van der Waals surface area contributed by atoms with Crippen molar-refractivity contribution < 1.29 is 19.0 Å². The minimum atomic E-state index is -0.606. The van der Waals surface area contributed by atoms with Gasteiger partial charge in [-0.3, -0.25) is 4.79 Å². The van der Waals surface area contributed by atoms with E-state index in [0.29, 0.717) is 57.7 Å². The fourth-order valence-electron chi connectivity index (χ4n) is 3.97. The number of methoxy groups -OCH3 is 1. The van der Waals surface area contributed by atoms with Gasteiger partial charge in [-0.05, 0) is 36.2 Å². The summed E-state index contributed by atoms with van der Waals surface area (Å²) in [7, 11) is 1.52. The summed E-state index contributed by atoms with van der Waals surface area (Å²) in [5, 5.41) is 10.8. The summed E-state index contributed by atoms with van der Waals surface area (Å²) in [6, 6.07) is 12.6. The van der Waals surface area contributed by atoms with Gasteiger partial charge in [-0.25, -0.2) is 0 Å². The molecule has 1 aliphatic heterocycles. The van der Waals surface area contributed by atoms with Crippen LogP contribution >= 0.6 is 23.2 Å². The number of hydrogen-bond acceptors (Lipinski definition) is 6. The molecule has 0 fully saturated rings. The third kappa shape index (κ3) is 4.14. The number of nitriles is 1. The Kier molecular flexibility index (Phi) is 6.31. The van der Waals surface area contributed by atoms with Crippen molar-refractivity contribution in [3.8, 4) is 17.6 Å². The zero-order valence-electron chi connectivity index (χ0n) is 17.3.